The van der Waals surface area contributed by atoms with Gasteiger partial charge in [-0.2, -0.15) is 0 Å². The van der Waals surface area contributed by atoms with Gasteiger partial charge in [-0.05, 0) is 0 Å². The molecule has 0 fully saturated rings. The van der Waals surface area contributed by atoms with E-state index < -0.39 is 0 Å². The Morgan fingerprint density at radius 1 is 1.33 bits per heavy atom. The van der Waals surface area contributed by atoms with Crippen molar-refractivity contribution in [3.8, 4) is 0 Å². The van der Waals surface area contributed by atoms with Crippen LogP contribution in [0.4, 0.5) is 0 Å². The lowest BCUT2D eigenvalue weighted by Crippen LogP contribution is -2.37. The summed E-state index contributed by atoms with van der Waals surface area (Å²) >= 11 is 0. The standard InChI is InChI=1S/C6H15NO2/c1-6(2,3)5(7)9-8-4/h5H,7H2,1-4H3. The molecule has 0 aromatic carbocycles. The van der Waals surface area contributed by atoms with Crippen LogP contribution in [0.1, 0.15) is 20.8 Å². The minimum absolute atomic E-state index is 0.0595. The monoisotopic (exact) mass is 133 g/mol. The topological polar surface area (TPSA) is 44.5 Å². The van der Waals surface area contributed by atoms with Crippen LogP contribution in [-0.2, 0) is 9.78 Å². The van der Waals surface area contributed by atoms with Crippen molar-refractivity contribution in [2.75, 3.05) is 7.11 Å². The molecule has 1 unspecified atom stereocenters. The fraction of sp³-hybridized carbons (Fsp3) is 1.00. The van der Waals surface area contributed by atoms with Crippen molar-refractivity contribution in [1.82, 2.24) is 0 Å². The lowest BCUT2D eigenvalue weighted by molar-refractivity contribution is -0.321. The highest BCUT2D eigenvalue weighted by molar-refractivity contribution is 4.66. The van der Waals surface area contributed by atoms with E-state index in [1.165, 1.54) is 7.11 Å². The van der Waals surface area contributed by atoms with Gasteiger partial charge in [0.2, 0.25) is 0 Å². The molecule has 0 spiro atoms. The minimum Gasteiger partial charge on any atom is -0.303 e. The van der Waals surface area contributed by atoms with E-state index in [4.69, 9.17) is 5.73 Å². The van der Waals surface area contributed by atoms with E-state index in [2.05, 4.69) is 9.78 Å². The molecule has 0 aromatic rings. The van der Waals surface area contributed by atoms with Gasteiger partial charge in [0.25, 0.3) is 0 Å². The molecule has 0 bridgehead atoms. The fourth-order valence-electron chi connectivity index (χ4n) is 0.248. The molecule has 3 nitrogen and oxygen atoms in total. The second-order valence-electron chi connectivity index (χ2n) is 3.05. The van der Waals surface area contributed by atoms with E-state index in [0.717, 1.165) is 0 Å². The fourth-order valence-corrected chi connectivity index (χ4v) is 0.248. The van der Waals surface area contributed by atoms with Crippen LogP contribution in [0.5, 0.6) is 0 Å². The third-order valence-electron chi connectivity index (χ3n) is 1.05. The lowest BCUT2D eigenvalue weighted by atomic mass is 9.95. The average Bonchev–Trinajstić information content (AvgIpc) is 1.64. The third kappa shape index (κ3) is 3.46. The third-order valence-corrected chi connectivity index (χ3v) is 1.05. The van der Waals surface area contributed by atoms with Crippen LogP contribution in [0.2, 0.25) is 0 Å². The molecule has 0 aromatic heterocycles. The van der Waals surface area contributed by atoms with Crippen molar-refractivity contribution in [2.24, 2.45) is 11.1 Å². The molecular formula is C6H15NO2. The Morgan fingerprint density at radius 2 is 1.78 bits per heavy atom. The highest BCUT2D eigenvalue weighted by Crippen LogP contribution is 2.17. The Morgan fingerprint density at radius 3 is 1.89 bits per heavy atom. The molecule has 0 aliphatic heterocycles. The number of rotatable bonds is 2. The van der Waals surface area contributed by atoms with Gasteiger partial charge < -0.3 is 5.73 Å². The van der Waals surface area contributed by atoms with Crippen molar-refractivity contribution < 1.29 is 9.78 Å². The number of nitrogens with two attached hydrogens (primary N) is 1. The van der Waals surface area contributed by atoms with Crippen molar-refractivity contribution in [2.45, 2.75) is 27.0 Å². The molecule has 2 N–H and O–H groups in total. The summed E-state index contributed by atoms with van der Waals surface area (Å²) in [6.07, 6.45) is -0.359. The molecule has 0 saturated heterocycles. The molecular weight excluding hydrogens is 118 g/mol. The highest BCUT2D eigenvalue weighted by atomic mass is 17.2. The quantitative estimate of drug-likeness (QED) is 0.346. The van der Waals surface area contributed by atoms with Gasteiger partial charge >= 0.3 is 0 Å². The molecule has 9 heavy (non-hydrogen) atoms. The van der Waals surface area contributed by atoms with Crippen LogP contribution in [0.15, 0.2) is 0 Å². The van der Waals surface area contributed by atoms with Crippen LogP contribution >= 0.6 is 0 Å². The normalized spacial score (nSPS) is 15.7. The zero-order chi connectivity index (χ0) is 7.49. The predicted molar refractivity (Wildman–Crippen MR) is 35.5 cm³/mol. The minimum atomic E-state index is -0.359. The van der Waals surface area contributed by atoms with Crippen LogP contribution in [0.25, 0.3) is 0 Å². The summed E-state index contributed by atoms with van der Waals surface area (Å²) in [4.78, 5) is 9.09. The molecule has 3 heteroatoms. The zero-order valence-electron chi connectivity index (χ0n) is 6.47. The van der Waals surface area contributed by atoms with E-state index in [9.17, 15) is 0 Å². The highest BCUT2D eigenvalue weighted by Gasteiger charge is 2.21. The van der Waals surface area contributed by atoms with Crippen molar-refractivity contribution in [3.63, 3.8) is 0 Å². The Balaban J connectivity index is 3.59. The smallest absolute Gasteiger partial charge is 0.146 e. The summed E-state index contributed by atoms with van der Waals surface area (Å²) in [7, 11) is 1.45. The van der Waals surface area contributed by atoms with Gasteiger partial charge in [0.15, 0.2) is 0 Å². The summed E-state index contributed by atoms with van der Waals surface area (Å²) in [5.41, 5.74) is 5.45. The van der Waals surface area contributed by atoms with E-state index in [-0.39, 0.29) is 11.6 Å². The molecule has 0 saturated carbocycles. The van der Waals surface area contributed by atoms with Gasteiger partial charge in [-0.3, -0.25) is 0 Å². The molecule has 0 heterocycles. The molecule has 0 aliphatic rings. The SMILES string of the molecule is COOC(N)C(C)(C)C. The number of hydrogen-bond donors (Lipinski definition) is 1. The van der Waals surface area contributed by atoms with Crippen molar-refractivity contribution in [3.05, 3.63) is 0 Å². The van der Waals surface area contributed by atoms with Crippen LogP contribution < -0.4 is 5.73 Å². The van der Waals surface area contributed by atoms with Gasteiger partial charge in [-0.25, -0.2) is 9.78 Å². The zero-order valence-corrected chi connectivity index (χ0v) is 6.47. The van der Waals surface area contributed by atoms with Crippen LogP contribution in [0.3, 0.4) is 0 Å². The summed E-state index contributed by atoms with van der Waals surface area (Å²) in [6.45, 7) is 5.95. The van der Waals surface area contributed by atoms with E-state index in [1.807, 2.05) is 20.8 Å². The summed E-state index contributed by atoms with van der Waals surface area (Å²) in [5.74, 6) is 0. The first-order valence-corrected chi connectivity index (χ1v) is 2.93. The van der Waals surface area contributed by atoms with Gasteiger partial charge in [-0.15, -0.1) is 0 Å². The summed E-state index contributed by atoms with van der Waals surface area (Å²) < 4.78 is 0. The Kier molecular flexibility index (Phi) is 3.11. The maximum Gasteiger partial charge on any atom is 0.146 e. The van der Waals surface area contributed by atoms with E-state index in [0.29, 0.717) is 0 Å². The second kappa shape index (κ2) is 3.15. The molecule has 0 amide bonds. The first-order chi connectivity index (χ1) is 3.98. The van der Waals surface area contributed by atoms with Gasteiger partial charge in [0.05, 0.1) is 7.11 Å². The van der Waals surface area contributed by atoms with E-state index >= 15 is 0 Å². The number of hydrogen-bond acceptors (Lipinski definition) is 3. The Labute approximate surface area is 56.1 Å². The van der Waals surface area contributed by atoms with Gasteiger partial charge in [0, 0.05) is 5.41 Å². The Hall–Kier alpha value is -0.120. The van der Waals surface area contributed by atoms with Gasteiger partial charge in [0.1, 0.15) is 6.23 Å². The molecule has 0 rings (SSSR count). The first kappa shape index (κ1) is 8.88. The van der Waals surface area contributed by atoms with Crippen molar-refractivity contribution >= 4 is 0 Å². The maximum absolute atomic E-state index is 5.51. The van der Waals surface area contributed by atoms with E-state index in [1.54, 1.807) is 0 Å². The molecule has 0 radical (unpaired) electrons. The molecule has 0 aliphatic carbocycles. The first-order valence-electron chi connectivity index (χ1n) is 2.93. The molecule has 56 valence electrons. The largest absolute Gasteiger partial charge is 0.303 e. The summed E-state index contributed by atoms with van der Waals surface area (Å²) in [6, 6.07) is 0. The van der Waals surface area contributed by atoms with Crippen LogP contribution in [-0.4, -0.2) is 13.3 Å². The Bertz CT molecular complexity index is 77.6. The predicted octanol–water partition coefficient (Wildman–Crippen LogP) is 0.895. The lowest BCUT2D eigenvalue weighted by Gasteiger charge is -2.24. The van der Waals surface area contributed by atoms with Crippen LogP contribution in [0, 0.1) is 5.41 Å². The van der Waals surface area contributed by atoms with Crippen molar-refractivity contribution in [1.29, 1.82) is 0 Å². The maximum atomic E-state index is 5.51. The average molecular weight is 133 g/mol. The van der Waals surface area contributed by atoms with Gasteiger partial charge in [-0.1, -0.05) is 20.8 Å². The second-order valence-corrected chi connectivity index (χ2v) is 3.05. The molecule has 1 atom stereocenters. The summed E-state index contributed by atoms with van der Waals surface area (Å²) in [5, 5.41) is 0.